The van der Waals surface area contributed by atoms with Crippen LogP contribution in [0.25, 0.3) is 0 Å². The number of hydrogen-bond donors (Lipinski definition) is 6. The van der Waals surface area contributed by atoms with Gasteiger partial charge in [-0.3, -0.25) is 4.79 Å². The summed E-state index contributed by atoms with van der Waals surface area (Å²) in [4.78, 5) is 18.5. The zero-order valence-corrected chi connectivity index (χ0v) is 11.6. The second-order valence-electron chi connectivity index (χ2n) is 5.02. The van der Waals surface area contributed by atoms with E-state index in [1.54, 1.807) is 0 Å². The van der Waals surface area contributed by atoms with E-state index >= 15 is 0 Å². The van der Waals surface area contributed by atoms with Crippen LogP contribution in [-0.2, 0) is 20.7 Å². The molecular formula is C12H19N3O7. The number of aliphatic hydroxyl groups is 4. The maximum absolute atomic E-state index is 11.9. The molecule has 2 rings (SSSR count). The van der Waals surface area contributed by atoms with Crippen LogP contribution in [-0.4, -0.2) is 79.7 Å². The minimum atomic E-state index is -1.69. The van der Waals surface area contributed by atoms with Crippen molar-refractivity contribution in [3.8, 4) is 0 Å². The van der Waals surface area contributed by atoms with Crippen LogP contribution >= 0.6 is 0 Å². The second-order valence-corrected chi connectivity index (χ2v) is 5.02. The number of nitrogens with zero attached hydrogens (tertiary/aromatic N) is 1. The van der Waals surface area contributed by atoms with Crippen molar-refractivity contribution in [3.63, 3.8) is 0 Å². The van der Waals surface area contributed by atoms with Crippen LogP contribution < -0.4 is 5.73 Å². The molecule has 10 nitrogen and oxygen atoms in total. The number of carbonyl (C=O) groups is 1. The van der Waals surface area contributed by atoms with E-state index < -0.39 is 49.3 Å². The Labute approximate surface area is 125 Å². The van der Waals surface area contributed by atoms with Gasteiger partial charge in [0.05, 0.1) is 12.9 Å². The SMILES string of the molecule is N[C@@H](Cc1cnc[nH]1)C(=O)O[C@H]1[C@H](O)[C@@H](CO)OC(O)[C@@H]1O. The first-order chi connectivity index (χ1) is 10.4. The van der Waals surface area contributed by atoms with Crippen molar-refractivity contribution >= 4 is 5.97 Å². The summed E-state index contributed by atoms with van der Waals surface area (Å²) in [6.45, 7) is -0.612. The standard InChI is InChI=1S/C12H19N3O7/c13-6(1-5-2-14-4-15-5)11(19)22-10-8(17)7(3-16)21-12(20)9(10)18/h2,4,6-10,12,16-18,20H,1,3,13H2,(H,14,15)/t6-,7+,8+,9+,10-,12?/m0/s1. The van der Waals surface area contributed by atoms with E-state index in [1.807, 2.05) is 0 Å². The average molecular weight is 317 g/mol. The largest absolute Gasteiger partial charge is 0.455 e. The average Bonchev–Trinajstić information content (AvgIpc) is 2.99. The Balaban J connectivity index is 1.98. The van der Waals surface area contributed by atoms with Gasteiger partial charge in [0.2, 0.25) is 0 Å². The zero-order valence-electron chi connectivity index (χ0n) is 11.6. The second kappa shape index (κ2) is 7.13. The third kappa shape index (κ3) is 3.61. The van der Waals surface area contributed by atoms with E-state index in [9.17, 15) is 20.1 Å². The van der Waals surface area contributed by atoms with Gasteiger partial charge in [0, 0.05) is 18.3 Å². The Kier molecular flexibility index (Phi) is 5.45. The van der Waals surface area contributed by atoms with Crippen molar-refractivity contribution < 1.29 is 34.7 Å². The Bertz CT molecular complexity index is 483. The first kappa shape index (κ1) is 16.8. The van der Waals surface area contributed by atoms with Crippen molar-refractivity contribution in [1.82, 2.24) is 9.97 Å². The van der Waals surface area contributed by atoms with Gasteiger partial charge < -0.3 is 40.6 Å². The molecule has 0 amide bonds. The maximum Gasteiger partial charge on any atom is 0.323 e. The summed E-state index contributed by atoms with van der Waals surface area (Å²) < 4.78 is 9.77. The van der Waals surface area contributed by atoms with Gasteiger partial charge in [0.15, 0.2) is 12.4 Å². The van der Waals surface area contributed by atoms with Crippen LogP contribution in [0, 0.1) is 0 Å². The zero-order chi connectivity index (χ0) is 16.3. The summed E-state index contributed by atoms with van der Waals surface area (Å²) in [6.07, 6.45) is -4.42. The van der Waals surface area contributed by atoms with Gasteiger partial charge in [-0.15, -0.1) is 0 Å². The highest BCUT2D eigenvalue weighted by molar-refractivity contribution is 5.76. The molecule has 0 spiro atoms. The highest BCUT2D eigenvalue weighted by Crippen LogP contribution is 2.22. The summed E-state index contributed by atoms with van der Waals surface area (Å²) in [5, 5.41) is 38.2. The van der Waals surface area contributed by atoms with Crippen molar-refractivity contribution in [2.45, 2.75) is 43.2 Å². The Hall–Kier alpha value is -1.56. The lowest BCUT2D eigenvalue weighted by molar-refractivity contribution is -0.290. The number of hydrogen-bond acceptors (Lipinski definition) is 9. The molecule has 1 saturated heterocycles. The fourth-order valence-electron chi connectivity index (χ4n) is 2.14. The van der Waals surface area contributed by atoms with Gasteiger partial charge in [-0.25, -0.2) is 4.98 Å². The molecule has 0 aliphatic carbocycles. The van der Waals surface area contributed by atoms with Crippen molar-refractivity contribution in [2.75, 3.05) is 6.61 Å². The molecule has 6 atom stereocenters. The lowest BCUT2D eigenvalue weighted by Crippen LogP contribution is -2.60. The van der Waals surface area contributed by atoms with E-state index in [4.69, 9.17) is 20.3 Å². The molecule has 1 unspecified atom stereocenters. The molecule has 1 aliphatic rings. The number of nitrogens with two attached hydrogens (primary N) is 1. The van der Waals surface area contributed by atoms with Crippen LogP contribution in [0.15, 0.2) is 12.5 Å². The molecule has 1 aromatic heterocycles. The van der Waals surface area contributed by atoms with Gasteiger partial charge in [-0.2, -0.15) is 0 Å². The maximum atomic E-state index is 11.9. The monoisotopic (exact) mass is 317 g/mol. The summed E-state index contributed by atoms with van der Waals surface area (Å²) in [5.41, 5.74) is 6.31. The molecule has 0 radical (unpaired) electrons. The minimum Gasteiger partial charge on any atom is -0.455 e. The van der Waals surface area contributed by atoms with Crippen LogP contribution in [0.2, 0.25) is 0 Å². The predicted molar refractivity (Wildman–Crippen MR) is 70.1 cm³/mol. The molecule has 22 heavy (non-hydrogen) atoms. The molecular weight excluding hydrogens is 298 g/mol. The molecule has 1 aromatic rings. The molecule has 1 aliphatic heterocycles. The summed E-state index contributed by atoms with van der Waals surface area (Å²) >= 11 is 0. The van der Waals surface area contributed by atoms with Gasteiger partial charge >= 0.3 is 5.97 Å². The fraction of sp³-hybridized carbons (Fsp3) is 0.667. The van der Waals surface area contributed by atoms with Crippen LogP contribution in [0.3, 0.4) is 0 Å². The smallest absolute Gasteiger partial charge is 0.323 e. The first-order valence-corrected chi connectivity index (χ1v) is 6.68. The van der Waals surface area contributed by atoms with E-state index in [1.165, 1.54) is 12.5 Å². The third-order valence-electron chi connectivity index (χ3n) is 3.39. The number of nitrogens with one attached hydrogen (secondary N) is 1. The number of rotatable bonds is 5. The van der Waals surface area contributed by atoms with Gasteiger partial charge in [0.25, 0.3) is 0 Å². The molecule has 0 saturated carbocycles. The highest BCUT2D eigenvalue weighted by atomic mass is 16.7. The quantitative estimate of drug-likeness (QED) is 0.303. The number of aliphatic hydroxyl groups excluding tert-OH is 4. The number of imidazole rings is 1. The molecule has 0 bridgehead atoms. The Morgan fingerprint density at radius 2 is 2.18 bits per heavy atom. The van der Waals surface area contributed by atoms with Gasteiger partial charge in [-0.1, -0.05) is 0 Å². The van der Waals surface area contributed by atoms with Crippen LogP contribution in [0.5, 0.6) is 0 Å². The minimum absolute atomic E-state index is 0.125. The molecule has 2 heterocycles. The third-order valence-corrected chi connectivity index (χ3v) is 3.39. The Morgan fingerprint density at radius 3 is 2.77 bits per heavy atom. The Morgan fingerprint density at radius 1 is 1.45 bits per heavy atom. The lowest BCUT2D eigenvalue weighted by atomic mass is 9.99. The predicted octanol–water partition coefficient (Wildman–Crippen LogP) is -3.38. The number of carbonyl (C=O) groups excluding carboxylic acids is 1. The van der Waals surface area contributed by atoms with Gasteiger partial charge in [-0.05, 0) is 0 Å². The van der Waals surface area contributed by atoms with Crippen molar-refractivity contribution in [2.24, 2.45) is 5.73 Å². The number of aromatic amines is 1. The highest BCUT2D eigenvalue weighted by Gasteiger charge is 2.46. The van der Waals surface area contributed by atoms with E-state index in [0.717, 1.165) is 0 Å². The fourth-order valence-corrected chi connectivity index (χ4v) is 2.14. The van der Waals surface area contributed by atoms with Crippen LogP contribution in [0.1, 0.15) is 5.69 Å². The number of H-pyrrole nitrogens is 1. The first-order valence-electron chi connectivity index (χ1n) is 6.68. The molecule has 0 aromatic carbocycles. The van der Waals surface area contributed by atoms with Crippen LogP contribution in [0.4, 0.5) is 0 Å². The van der Waals surface area contributed by atoms with E-state index in [2.05, 4.69) is 9.97 Å². The van der Waals surface area contributed by atoms with Gasteiger partial charge in [0.1, 0.15) is 24.4 Å². The lowest BCUT2D eigenvalue weighted by Gasteiger charge is -2.39. The van der Waals surface area contributed by atoms with Crippen molar-refractivity contribution in [3.05, 3.63) is 18.2 Å². The molecule has 10 heteroatoms. The topological polar surface area (TPSA) is 171 Å². The van der Waals surface area contributed by atoms with E-state index in [0.29, 0.717) is 5.69 Å². The number of aromatic nitrogens is 2. The normalized spacial score (nSPS) is 33.4. The van der Waals surface area contributed by atoms with E-state index in [-0.39, 0.29) is 6.42 Å². The number of esters is 1. The number of ether oxygens (including phenoxy) is 2. The molecule has 7 N–H and O–H groups in total. The summed E-state index contributed by atoms with van der Waals surface area (Å²) in [5.74, 6) is -0.872. The summed E-state index contributed by atoms with van der Waals surface area (Å²) in [6, 6.07) is -1.05. The van der Waals surface area contributed by atoms with Crippen molar-refractivity contribution in [1.29, 1.82) is 0 Å². The molecule has 124 valence electrons. The summed E-state index contributed by atoms with van der Waals surface area (Å²) in [7, 11) is 0. The molecule has 1 fully saturated rings.